The van der Waals surface area contributed by atoms with Crippen molar-refractivity contribution in [3.8, 4) is 5.75 Å². The Morgan fingerprint density at radius 2 is 1.88 bits per heavy atom. The average Bonchev–Trinajstić information content (AvgIpc) is 2.55. The molecule has 0 aliphatic heterocycles. The smallest absolute Gasteiger partial charge is 0.335 e. The summed E-state index contributed by atoms with van der Waals surface area (Å²) in [5.74, 6) is -0.677. The molecule has 0 unspecified atom stereocenters. The van der Waals surface area contributed by atoms with Crippen LogP contribution in [0.3, 0.4) is 0 Å². The van der Waals surface area contributed by atoms with Crippen LogP contribution in [0.4, 0.5) is 5.69 Å². The van der Waals surface area contributed by atoms with E-state index < -0.39 is 5.97 Å². The molecule has 0 atom stereocenters. The highest BCUT2D eigenvalue weighted by atomic mass is 16.5. The first-order chi connectivity index (χ1) is 11.9. The number of carbonyl (C=O) groups is 2. The lowest BCUT2D eigenvalue weighted by molar-refractivity contribution is -0.115. The van der Waals surface area contributed by atoms with Gasteiger partial charge in [0.25, 0.3) is 0 Å². The molecule has 2 aromatic carbocycles. The Bertz CT molecular complexity index is 785. The van der Waals surface area contributed by atoms with Gasteiger partial charge in [-0.15, -0.1) is 0 Å². The van der Waals surface area contributed by atoms with Crippen molar-refractivity contribution in [2.45, 2.75) is 20.0 Å². The topological polar surface area (TPSA) is 84.9 Å². The highest BCUT2D eigenvalue weighted by Crippen LogP contribution is 2.21. The van der Waals surface area contributed by atoms with E-state index in [9.17, 15) is 14.7 Å². The maximum atomic E-state index is 12.4. The van der Waals surface area contributed by atoms with Crippen molar-refractivity contribution < 1.29 is 24.2 Å². The van der Waals surface area contributed by atoms with Gasteiger partial charge in [0.2, 0.25) is 5.91 Å². The molecule has 0 saturated heterocycles. The largest absolute Gasteiger partial charge is 0.496 e. The van der Waals surface area contributed by atoms with Gasteiger partial charge in [-0.05, 0) is 36.8 Å². The fourth-order valence-electron chi connectivity index (χ4n) is 2.56. The summed E-state index contributed by atoms with van der Waals surface area (Å²) in [5, 5.41) is 11.9. The number of carboxylic acid groups (broad SMARTS) is 1. The molecule has 0 radical (unpaired) electrons. The molecule has 1 amide bonds. The Labute approximate surface area is 146 Å². The van der Waals surface area contributed by atoms with Crippen molar-refractivity contribution in [1.29, 1.82) is 0 Å². The predicted octanol–water partition coefficient (Wildman–Crippen LogP) is 3.03. The Balaban J connectivity index is 2.20. The van der Waals surface area contributed by atoms with Gasteiger partial charge < -0.3 is 19.9 Å². The number of ether oxygens (including phenoxy) is 2. The SMILES string of the molecule is COCc1cc(NC(=O)Cc2cc(C)ccc2OC)cc(C(=O)O)c1. The zero-order valence-electron chi connectivity index (χ0n) is 14.5. The molecule has 132 valence electrons. The number of aromatic carboxylic acids is 1. The van der Waals surface area contributed by atoms with Crippen molar-refractivity contribution in [2.75, 3.05) is 19.5 Å². The molecule has 2 N–H and O–H groups in total. The third-order valence-electron chi connectivity index (χ3n) is 3.62. The number of amides is 1. The lowest BCUT2D eigenvalue weighted by atomic mass is 10.1. The summed E-state index contributed by atoms with van der Waals surface area (Å²) in [6.07, 6.45) is 0.127. The van der Waals surface area contributed by atoms with Crippen LogP contribution < -0.4 is 10.1 Å². The number of carbonyl (C=O) groups excluding carboxylic acids is 1. The molecule has 6 heteroatoms. The minimum absolute atomic E-state index is 0.0954. The third kappa shape index (κ3) is 5.06. The molecule has 0 heterocycles. The second-order valence-electron chi connectivity index (χ2n) is 5.70. The van der Waals surface area contributed by atoms with Crippen molar-refractivity contribution in [3.05, 3.63) is 58.7 Å². The van der Waals surface area contributed by atoms with Crippen LogP contribution in [0.25, 0.3) is 0 Å². The minimum atomic E-state index is -1.06. The maximum absolute atomic E-state index is 12.4. The molecule has 0 spiro atoms. The average molecular weight is 343 g/mol. The molecular weight excluding hydrogens is 322 g/mol. The second-order valence-corrected chi connectivity index (χ2v) is 5.70. The first-order valence-corrected chi connectivity index (χ1v) is 7.72. The molecule has 0 saturated carbocycles. The Morgan fingerprint density at radius 3 is 2.52 bits per heavy atom. The zero-order chi connectivity index (χ0) is 18.4. The van der Waals surface area contributed by atoms with Gasteiger partial charge in [0.05, 0.1) is 25.7 Å². The van der Waals surface area contributed by atoms with Gasteiger partial charge in [-0.3, -0.25) is 4.79 Å². The van der Waals surface area contributed by atoms with Gasteiger partial charge in [0.1, 0.15) is 5.75 Å². The highest BCUT2D eigenvalue weighted by Gasteiger charge is 2.12. The number of nitrogens with one attached hydrogen (secondary N) is 1. The van der Waals surface area contributed by atoms with Crippen LogP contribution >= 0.6 is 0 Å². The maximum Gasteiger partial charge on any atom is 0.335 e. The molecule has 0 fully saturated rings. The summed E-state index contributed by atoms with van der Waals surface area (Å²) in [6, 6.07) is 10.3. The van der Waals surface area contributed by atoms with Crippen LogP contribution in [0.5, 0.6) is 5.75 Å². The molecule has 0 aromatic heterocycles. The molecule has 25 heavy (non-hydrogen) atoms. The summed E-state index contributed by atoms with van der Waals surface area (Å²) in [6.45, 7) is 2.20. The number of aryl methyl sites for hydroxylation is 1. The van der Waals surface area contributed by atoms with E-state index in [1.165, 1.54) is 19.2 Å². The fraction of sp³-hybridized carbons (Fsp3) is 0.263. The van der Waals surface area contributed by atoms with E-state index in [1.54, 1.807) is 13.2 Å². The van der Waals surface area contributed by atoms with E-state index >= 15 is 0 Å². The monoisotopic (exact) mass is 343 g/mol. The molecule has 2 rings (SSSR count). The summed E-state index contributed by atoms with van der Waals surface area (Å²) < 4.78 is 10.3. The standard InChI is InChI=1S/C19H21NO5/c1-12-4-5-17(25-3)14(6-12)10-18(21)20-16-8-13(11-24-2)7-15(9-16)19(22)23/h4-9H,10-11H2,1-3H3,(H,20,21)(H,22,23). The normalized spacial score (nSPS) is 10.4. The number of anilines is 1. The number of methoxy groups -OCH3 is 2. The molecule has 0 aliphatic rings. The van der Waals surface area contributed by atoms with Crippen LogP contribution in [0.1, 0.15) is 27.0 Å². The highest BCUT2D eigenvalue weighted by molar-refractivity contribution is 5.95. The Kier molecular flexibility index (Phi) is 6.14. The quantitative estimate of drug-likeness (QED) is 0.807. The minimum Gasteiger partial charge on any atom is -0.496 e. The Morgan fingerprint density at radius 1 is 1.12 bits per heavy atom. The number of carboxylic acids is 1. The number of hydrogen-bond donors (Lipinski definition) is 2. The van der Waals surface area contributed by atoms with Crippen LogP contribution in [-0.4, -0.2) is 31.2 Å². The third-order valence-corrected chi connectivity index (χ3v) is 3.62. The summed E-state index contributed by atoms with van der Waals surface area (Å²) >= 11 is 0. The van der Waals surface area contributed by atoms with Crippen LogP contribution in [0.15, 0.2) is 36.4 Å². The Hall–Kier alpha value is -2.86. The van der Waals surface area contributed by atoms with Gasteiger partial charge in [0, 0.05) is 18.4 Å². The van der Waals surface area contributed by atoms with E-state index in [1.807, 2.05) is 25.1 Å². The van der Waals surface area contributed by atoms with Gasteiger partial charge in [0.15, 0.2) is 0 Å². The van der Waals surface area contributed by atoms with E-state index in [2.05, 4.69) is 5.32 Å². The number of rotatable bonds is 7. The molecule has 6 nitrogen and oxygen atoms in total. The van der Waals surface area contributed by atoms with Crippen molar-refractivity contribution in [3.63, 3.8) is 0 Å². The van der Waals surface area contributed by atoms with Gasteiger partial charge in [-0.1, -0.05) is 17.7 Å². The molecule has 2 aromatic rings. The first-order valence-electron chi connectivity index (χ1n) is 7.72. The molecule has 0 aliphatic carbocycles. The van der Waals surface area contributed by atoms with Crippen LogP contribution in [0.2, 0.25) is 0 Å². The van der Waals surface area contributed by atoms with Crippen molar-refractivity contribution in [1.82, 2.24) is 0 Å². The van der Waals surface area contributed by atoms with Crippen LogP contribution in [-0.2, 0) is 22.6 Å². The fourth-order valence-corrected chi connectivity index (χ4v) is 2.56. The van der Waals surface area contributed by atoms with Crippen molar-refractivity contribution >= 4 is 17.6 Å². The van der Waals surface area contributed by atoms with E-state index in [0.29, 0.717) is 17.0 Å². The summed E-state index contributed by atoms with van der Waals surface area (Å²) in [4.78, 5) is 23.6. The lowest BCUT2D eigenvalue weighted by Crippen LogP contribution is -2.16. The summed E-state index contributed by atoms with van der Waals surface area (Å²) in [7, 11) is 3.08. The lowest BCUT2D eigenvalue weighted by Gasteiger charge is -2.11. The van der Waals surface area contributed by atoms with Crippen LogP contribution in [0, 0.1) is 6.92 Å². The zero-order valence-corrected chi connectivity index (χ0v) is 14.5. The van der Waals surface area contributed by atoms with Crippen molar-refractivity contribution in [2.24, 2.45) is 0 Å². The predicted molar refractivity (Wildman–Crippen MR) is 94.2 cm³/mol. The van der Waals surface area contributed by atoms with Gasteiger partial charge >= 0.3 is 5.97 Å². The summed E-state index contributed by atoms with van der Waals surface area (Å²) in [5.41, 5.74) is 2.98. The van der Waals surface area contributed by atoms with Gasteiger partial charge in [-0.25, -0.2) is 4.79 Å². The van der Waals surface area contributed by atoms with E-state index in [4.69, 9.17) is 9.47 Å². The molecular formula is C19H21NO5. The second kappa shape index (κ2) is 8.30. The van der Waals surface area contributed by atoms with E-state index in [0.717, 1.165) is 11.1 Å². The first kappa shape index (κ1) is 18.5. The number of hydrogen-bond acceptors (Lipinski definition) is 4. The van der Waals surface area contributed by atoms with Gasteiger partial charge in [-0.2, -0.15) is 0 Å². The van der Waals surface area contributed by atoms with E-state index in [-0.39, 0.29) is 24.5 Å². The molecule has 0 bridgehead atoms. The number of benzene rings is 2.